The Morgan fingerprint density at radius 1 is 1.44 bits per heavy atom. The molecule has 0 aliphatic carbocycles. The maximum atomic E-state index is 10.9. The lowest BCUT2D eigenvalue weighted by atomic mass is 10.4. The molecule has 2 rings (SSSR count). The SMILES string of the molecule is Cc1nc(Nc2ncnc(Cl)c2[N+](=O)[O-])sc1C. The summed E-state index contributed by atoms with van der Waals surface area (Å²) in [6, 6.07) is 0. The Kier molecular flexibility index (Phi) is 3.39. The first-order chi connectivity index (χ1) is 8.49. The predicted molar refractivity (Wildman–Crippen MR) is 68.6 cm³/mol. The van der Waals surface area contributed by atoms with Crippen LogP contribution in [-0.2, 0) is 0 Å². The highest BCUT2D eigenvalue weighted by Gasteiger charge is 2.22. The molecule has 0 aliphatic heterocycles. The Morgan fingerprint density at radius 3 is 2.72 bits per heavy atom. The van der Waals surface area contributed by atoms with Crippen LogP contribution in [0, 0.1) is 24.0 Å². The standard InChI is InChI=1S/C9H8ClN5O2S/c1-4-5(2)18-9(13-4)14-8-6(15(16)17)7(10)11-3-12-8/h3H,1-2H3,(H,11,12,13,14). The van der Waals surface area contributed by atoms with Crippen LogP contribution in [0.25, 0.3) is 0 Å². The molecule has 0 aliphatic rings. The smallest absolute Gasteiger partial charge is 0.310 e. The van der Waals surface area contributed by atoms with Gasteiger partial charge >= 0.3 is 5.69 Å². The van der Waals surface area contributed by atoms with Crippen molar-refractivity contribution in [3.8, 4) is 0 Å². The maximum absolute atomic E-state index is 10.9. The van der Waals surface area contributed by atoms with E-state index in [9.17, 15) is 10.1 Å². The summed E-state index contributed by atoms with van der Waals surface area (Å²) in [5.74, 6) is 0.0359. The van der Waals surface area contributed by atoms with Crippen molar-refractivity contribution < 1.29 is 4.92 Å². The second-order valence-electron chi connectivity index (χ2n) is 3.40. The lowest BCUT2D eigenvalue weighted by Gasteiger charge is -2.02. The first-order valence-electron chi connectivity index (χ1n) is 4.85. The van der Waals surface area contributed by atoms with Crippen LogP contribution in [0.4, 0.5) is 16.6 Å². The van der Waals surface area contributed by atoms with Crippen LogP contribution in [0.1, 0.15) is 10.6 Å². The van der Waals surface area contributed by atoms with Crippen LogP contribution in [0.3, 0.4) is 0 Å². The quantitative estimate of drug-likeness (QED) is 0.529. The fourth-order valence-corrected chi connectivity index (χ4v) is 2.25. The molecule has 9 heteroatoms. The average molecular weight is 286 g/mol. The van der Waals surface area contributed by atoms with Gasteiger partial charge in [0.1, 0.15) is 6.33 Å². The average Bonchev–Trinajstić information content (AvgIpc) is 2.57. The molecule has 0 unspecified atom stereocenters. The minimum Gasteiger partial charge on any atom is -0.310 e. The van der Waals surface area contributed by atoms with Gasteiger partial charge in [-0.25, -0.2) is 15.0 Å². The number of aromatic nitrogens is 3. The maximum Gasteiger partial charge on any atom is 0.348 e. The molecular formula is C9H8ClN5O2S. The largest absolute Gasteiger partial charge is 0.348 e. The highest BCUT2D eigenvalue weighted by Crippen LogP contribution is 2.32. The van der Waals surface area contributed by atoms with Gasteiger partial charge in [0.05, 0.1) is 10.6 Å². The van der Waals surface area contributed by atoms with Gasteiger partial charge < -0.3 is 5.32 Å². The Balaban J connectivity index is 2.40. The van der Waals surface area contributed by atoms with E-state index in [0.29, 0.717) is 5.13 Å². The number of rotatable bonds is 3. The van der Waals surface area contributed by atoms with Crippen LogP contribution < -0.4 is 5.32 Å². The molecule has 0 spiro atoms. The van der Waals surface area contributed by atoms with Crippen molar-refractivity contribution >= 4 is 39.6 Å². The van der Waals surface area contributed by atoms with Crippen LogP contribution >= 0.6 is 22.9 Å². The summed E-state index contributed by atoms with van der Waals surface area (Å²) < 4.78 is 0. The van der Waals surface area contributed by atoms with Crippen molar-refractivity contribution in [2.45, 2.75) is 13.8 Å². The molecule has 1 N–H and O–H groups in total. The number of hydrogen-bond acceptors (Lipinski definition) is 7. The second-order valence-corrected chi connectivity index (χ2v) is 4.97. The first-order valence-corrected chi connectivity index (χ1v) is 6.04. The number of hydrogen-bond donors (Lipinski definition) is 1. The zero-order chi connectivity index (χ0) is 13.3. The molecule has 7 nitrogen and oxygen atoms in total. The van der Waals surface area contributed by atoms with E-state index >= 15 is 0 Å². The van der Waals surface area contributed by atoms with Gasteiger partial charge in [-0.1, -0.05) is 11.6 Å². The zero-order valence-electron chi connectivity index (χ0n) is 9.47. The highest BCUT2D eigenvalue weighted by atomic mass is 35.5. The van der Waals surface area contributed by atoms with E-state index in [4.69, 9.17) is 11.6 Å². The van der Waals surface area contributed by atoms with Crippen molar-refractivity contribution in [3.63, 3.8) is 0 Å². The molecule has 2 aromatic heterocycles. The first kappa shape index (κ1) is 12.7. The minimum absolute atomic E-state index is 0.0359. The summed E-state index contributed by atoms with van der Waals surface area (Å²) in [6.45, 7) is 3.78. The molecule has 0 atom stereocenters. The lowest BCUT2D eigenvalue weighted by molar-refractivity contribution is -0.384. The van der Waals surface area contributed by atoms with Crippen LogP contribution in [0.5, 0.6) is 0 Å². The van der Waals surface area contributed by atoms with Crippen molar-refractivity contribution in [2.24, 2.45) is 0 Å². The molecule has 0 saturated heterocycles. The van der Waals surface area contributed by atoms with Crippen molar-refractivity contribution in [2.75, 3.05) is 5.32 Å². The molecule has 2 aromatic rings. The number of thiazole rings is 1. The summed E-state index contributed by atoms with van der Waals surface area (Å²) in [4.78, 5) is 22.9. The van der Waals surface area contributed by atoms with E-state index in [1.165, 1.54) is 11.3 Å². The van der Waals surface area contributed by atoms with Gasteiger partial charge in [-0.2, -0.15) is 0 Å². The van der Waals surface area contributed by atoms with Gasteiger partial charge in [-0.3, -0.25) is 10.1 Å². The summed E-state index contributed by atoms with van der Waals surface area (Å²) in [6.07, 6.45) is 1.16. The second kappa shape index (κ2) is 4.83. The van der Waals surface area contributed by atoms with Crippen molar-refractivity contribution in [1.29, 1.82) is 0 Å². The van der Waals surface area contributed by atoms with Gasteiger partial charge in [0, 0.05) is 4.88 Å². The fourth-order valence-electron chi connectivity index (χ4n) is 1.24. The van der Waals surface area contributed by atoms with Gasteiger partial charge in [0.15, 0.2) is 5.13 Å². The topological polar surface area (TPSA) is 93.8 Å². The number of anilines is 2. The number of aryl methyl sites for hydroxylation is 2. The number of halogens is 1. The molecule has 0 amide bonds. The third-order valence-corrected chi connectivity index (χ3v) is 3.48. The van der Waals surface area contributed by atoms with Gasteiger partial charge in [0.25, 0.3) is 0 Å². The monoisotopic (exact) mass is 285 g/mol. The molecule has 2 heterocycles. The minimum atomic E-state index is -0.627. The predicted octanol–water partition coefficient (Wildman–Crippen LogP) is 2.86. The van der Waals surface area contributed by atoms with Crippen molar-refractivity contribution in [1.82, 2.24) is 15.0 Å². The third-order valence-electron chi connectivity index (χ3n) is 2.21. The molecule has 94 valence electrons. The number of nitrogens with one attached hydrogen (secondary N) is 1. The Bertz CT molecular complexity index is 596. The molecule has 0 fully saturated rings. The highest BCUT2D eigenvalue weighted by molar-refractivity contribution is 7.15. The van der Waals surface area contributed by atoms with E-state index in [0.717, 1.165) is 16.9 Å². The number of nitrogens with zero attached hydrogens (tertiary/aromatic N) is 4. The Hall–Kier alpha value is -1.80. The van der Waals surface area contributed by atoms with E-state index in [2.05, 4.69) is 20.3 Å². The molecule has 0 aromatic carbocycles. The zero-order valence-corrected chi connectivity index (χ0v) is 11.0. The van der Waals surface area contributed by atoms with Gasteiger partial charge in [-0.05, 0) is 13.8 Å². The summed E-state index contributed by atoms with van der Waals surface area (Å²) in [5.41, 5.74) is 0.509. The molecule has 0 bridgehead atoms. The van der Waals surface area contributed by atoms with Crippen LogP contribution in [0.15, 0.2) is 6.33 Å². The van der Waals surface area contributed by atoms with Gasteiger partial charge in [-0.15, -0.1) is 11.3 Å². The third kappa shape index (κ3) is 2.39. The lowest BCUT2D eigenvalue weighted by Crippen LogP contribution is -2.01. The normalized spacial score (nSPS) is 10.4. The van der Waals surface area contributed by atoms with Crippen LogP contribution in [0.2, 0.25) is 5.15 Å². The Morgan fingerprint density at radius 2 is 2.17 bits per heavy atom. The van der Waals surface area contributed by atoms with Crippen molar-refractivity contribution in [3.05, 3.63) is 32.2 Å². The summed E-state index contributed by atoms with van der Waals surface area (Å²) >= 11 is 7.06. The summed E-state index contributed by atoms with van der Waals surface area (Å²) in [7, 11) is 0. The van der Waals surface area contributed by atoms with Gasteiger partial charge in [0.2, 0.25) is 11.0 Å². The van der Waals surface area contributed by atoms with E-state index in [1.807, 2.05) is 13.8 Å². The van der Waals surface area contributed by atoms with Crippen LogP contribution in [-0.4, -0.2) is 19.9 Å². The molecule has 18 heavy (non-hydrogen) atoms. The molecule has 0 radical (unpaired) electrons. The fraction of sp³-hybridized carbons (Fsp3) is 0.222. The van der Waals surface area contributed by atoms with E-state index < -0.39 is 4.92 Å². The Labute approximate surface area is 111 Å². The summed E-state index contributed by atoms with van der Waals surface area (Å²) in [5, 5.41) is 14.0. The van der Waals surface area contributed by atoms with E-state index in [-0.39, 0.29) is 16.7 Å². The van der Waals surface area contributed by atoms with E-state index in [1.54, 1.807) is 0 Å². The molecular weight excluding hydrogens is 278 g/mol. The number of nitro groups is 1. The molecule has 0 saturated carbocycles.